The maximum absolute atomic E-state index is 2.93. The molecule has 0 saturated carbocycles. The number of fused-ring (bicyclic) bond motifs is 6. The highest BCUT2D eigenvalue weighted by Crippen LogP contribution is 2.50. The Bertz CT molecular complexity index is 2950. The number of benzene rings is 2. The van der Waals surface area contributed by atoms with Crippen LogP contribution >= 0.6 is 0 Å². The molecule has 340 valence electrons. The molecule has 8 unspecified atom stereocenters. The van der Waals surface area contributed by atoms with E-state index in [0.717, 1.165) is 44.9 Å². The third kappa shape index (κ3) is 7.73. The second-order valence-electron chi connectivity index (χ2n) is 21.4. The highest BCUT2D eigenvalue weighted by atomic mass is 15.2. The molecule has 2 aromatic carbocycles. The van der Waals surface area contributed by atoms with E-state index in [1.165, 1.54) is 99.7 Å². The quantitative estimate of drug-likeness (QED) is 0.205. The van der Waals surface area contributed by atoms with Crippen molar-refractivity contribution in [3.8, 4) is 0 Å². The molecule has 2 heterocycles. The molecule has 9 atom stereocenters. The van der Waals surface area contributed by atoms with E-state index in [2.05, 4.69) is 198 Å². The standard InChI is InChI=1S/C66H66N2/c1-4-16-45(17-5-1)49-22-14-23-50(38-49)51-24-15-25-58(42-51)68-64-29-13-11-27-60(64)62-37-33-53(44-66(62)68)52-32-36-61-59-26-10-12-28-63(59)67(65(61)43-52)57-34-30-48(31-35-57)56-40-54(46-18-6-2-7-19-46)39-55(41-56)47-20-8-3-9-21-47/h2-4,6,8,10-12,14-16,18,20,22-28,30-34,36-37,39-41,44-45,50-52,57,60,62,64,66H,1,5,7,9,13,17,19,21,29,35,38,42-43H2/t45?,50?,51-,52?,57?,60?,62?,64?,66?/m0/s1. The number of aromatic nitrogens is 1. The van der Waals surface area contributed by atoms with Crippen LogP contribution in [-0.4, -0.2) is 21.6 Å². The van der Waals surface area contributed by atoms with Crippen molar-refractivity contribution in [3.63, 3.8) is 0 Å². The molecule has 2 nitrogen and oxygen atoms in total. The summed E-state index contributed by atoms with van der Waals surface area (Å²) in [5.41, 5.74) is 17.3. The SMILES string of the molecule is C1=CCCC(c2cc(C3=CCC(n4c5c(c6ccccc64)C=CC(C4=CC6C(C=C4)C4C=CCCC4N6C4=CC=C[C@H](C6C=CC=C(C7C=CCCC7)C6)C4)C5)C=C3)cc(C3=CC=CCC3)c2)=C1. The van der Waals surface area contributed by atoms with Crippen LogP contribution in [0.5, 0.6) is 0 Å². The lowest BCUT2D eigenvalue weighted by Crippen LogP contribution is -2.39. The molecule has 1 fully saturated rings. The molecule has 0 N–H and O–H groups in total. The number of likely N-dealkylation sites (tertiary alicyclic amines) is 1. The van der Waals surface area contributed by atoms with E-state index in [0.29, 0.717) is 47.6 Å². The van der Waals surface area contributed by atoms with Gasteiger partial charge in [-0.3, -0.25) is 0 Å². The smallest absolute Gasteiger partial charge is 0.0557 e. The van der Waals surface area contributed by atoms with Gasteiger partial charge in [0, 0.05) is 51.7 Å². The minimum Gasteiger partial charge on any atom is -0.364 e. The molecule has 0 amide bonds. The van der Waals surface area contributed by atoms with Gasteiger partial charge in [0.1, 0.15) is 0 Å². The summed E-state index contributed by atoms with van der Waals surface area (Å²) in [7, 11) is 0. The molecule has 1 aromatic heterocycles. The van der Waals surface area contributed by atoms with Gasteiger partial charge in [-0.1, -0.05) is 164 Å². The van der Waals surface area contributed by atoms with Crippen LogP contribution in [0.25, 0.3) is 33.7 Å². The second kappa shape index (κ2) is 18.1. The van der Waals surface area contributed by atoms with Crippen LogP contribution in [0.4, 0.5) is 0 Å². The maximum atomic E-state index is 2.93. The molecule has 9 aliphatic carbocycles. The fraction of sp³-hybridized carbons (Fsp3) is 0.333. The zero-order chi connectivity index (χ0) is 45.0. The highest BCUT2D eigenvalue weighted by Gasteiger charge is 2.48. The molecule has 0 bridgehead atoms. The fourth-order valence-corrected chi connectivity index (χ4v) is 14.0. The topological polar surface area (TPSA) is 8.17 Å². The van der Waals surface area contributed by atoms with Crippen LogP contribution in [0.3, 0.4) is 0 Å². The summed E-state index contributed by atoms with van der Waals surface area (Å²) < 4.78 is 2.71. The van der Waals surface area contributed by atoms with Crippen LogP contribution in [0.2, 0.25) is 0 Å². The lowest BCUT2D eigenvalue weighted by atomic mass is 9.75. The van der Waals surface area contributed by atoms with E-state index < -0.39 is 0 Å². The van der Waals surface area contributed by atoms with Gasteiger partial charge in [-0.05, 0) is 171 Å². The average Bonchev–Trinajstić information content (AvgIpc) is 3.94. The third-order valence-electron chi connectivity index (χ3n) is 17.5. The van der Waals surface area contributed by atoms with Crippen molar-refractivity contribution in [2.24, 2.45) is 35.5 Å². The van der Waals surface area contributed by atoms with Crippen LogP contribution in [0, 0.1) is 35.5 Å². The van der Waals surface area contributed by atoms with Crippen LogP contribution in [0.1, 0.15) is 111 Å². The number of rotatable bonds is 8. The zero-order valence-corrected chi connectivity index (χ0v) is 39.7. The minimum absolute atomic E-state index is 0.268. The van der Waals surface area contributed by atoms with Gasteiger partial charge >= 0.3 is 0 Å². The van der Waals surface area contributed by atoms with E-state index in [1.807, 2.05) is 0 Å². The lowest BCUT2D eigenvalue weighted by molar-refractivity contribution is 0.229. The fourth-order valence-electron chi connectivity index (χ4n) is 14.0. The number of allylic oxidation sites excluding steroid dienone is 26. The molecule has 2 heteroatoms. The first kappa shape index (κ1) is 42.0. The van der Waals surface area contributed by atoms with Gasteiger partial charge in [-0.15, -0.1) is 0 Å². The Kier molecular flexibility index (Phi) is 11.2. The normalized spacial score (nSPS) is 31.2. The van der Waals surface area contributed by atoms with Gasteiger partial charge in [0.2, 0.25) is 0 Å². The molecule has 13 rings (SSSR count). The lowest BCUT2D eigenvalue weighted by Gasteiger charge is -2.39. The number of nitrogens with zero attached hydrogens (tertiary/aromatic N) is 2. The number of para-hydroxylation sites is 1. The van der Waals surface area contributed by atoms with Crippen molar-refractivity contribution in [2.45, 2.75) is 102 Å². The summed E-state index contributed by atoms with van der Waals surface area (Å²) in [4.78, 5) is 2.93. The summed E-state index contributed by atoms with van der Waals surface area (Å²) in [6.45, 7) is 0. The molecular formula is C66H66N2. The first-order valence-electron chi connectivity index (χ1n) is 26.5. The molecule has 10 aliphatic rings. The zero-order valence-electron chi connectivity index (χ0n) is 39.7. The molecule has 0 radical (unpaired) electrons. The summed E-state index contributed by atoms with van der Waals surface area (Å²) in [5.74, 6) is 3.17. The van der Waals surface area contributed by atoms with E-state index in [9.17, 15) is 0 Å². The van der Waals surface area contributed by atoms with Gasteiger partial charge in [0.25, 0.3) is 0 Å². The molecule has 0 spiro atoms. The van der Waals surface area contributed by atoms with Gasteiger partial charge in [0.05, 0.1) is 12.1 Å². The Hall–Kier alpha value is -6.12. The van der Waals surface area contributed by atoms with Crippen LogP contribution < -0.4 is 0 Å². The Morgan fingerprint density at radius 2 is 1.37 bits per heavy atom. The Balaban J connectivity index is 0.776. The van der Waals surface area contributed by atoms with Crippen molar-refractivity contribution in [2.75, 3.05) is 0 Å². The van der Waals surface area contributed by atoms with Gasteiger partial charge in [-0.2, -0.15) is 0 Å². The number of hydrogen-bond donors (Lipinski definition) is 0. The van der Waals surface area contributed by atoms with E-state index in [-0.39, 0.29) is 6.04 Å². The largest absolute Gasteiger partial charge is 0.364 e. The molecule has 1 aliphatic heterocycles. The van der Waals surface area contributed by atoms with Gasteiger partial charge in [-0.25, -0.2) is 0 Å². The van der Waals surface area contributed by atoms with Crippen molar-refractivity contribution in [1.29, 1.82) is 0 Å². The summed E-state index contributed by atoms with van der Waals surface area (Å²) in [5, 5.41) is 1.38. The maximum Gasteiger partial charge on any atom is 0.0557 e. The molecular weight excluding hydrogens is 821 g/mol. The van der Waals surface area contributed by atoms with E-state index in [4.69, 9.17) is 0 Å². The molecule has 68 heavy (non-hydrogen) atoms. The average molecular weight is 887 g/mol. The highest BCUT2D eigenvalue weighted by molar-refractivity contribution is 5.92. The van der Waals surface area contributed by atoms with E-state index >= 15 is 0 Å². The van der Waals surface area contributed by atoms with Crippen molar-refractivity contribution in [1.82, 2.24) is 9.47 Å². The molecule has 3 aromatic rings. The summed E-state index contributed by atoms with van der Waals surface area (Å²) >= 11 is 0. The number of hydrogen-bond acceptors (Lipinski definition) is 1. The van der Waals surface area contributed by atoms with E-state index in [1.54, 1.807) is 11.3 Å². The Labute approximate surface area is 405 Å². The van der Waals surface area contributed by atoms with Crippen molar-refractivity contribution < 1.29 is 0 Å². The predicted molar refractivity (Wildman–Crippen MR) is 287 cm³/mol. The second-order valence-corrected chi connectivity index (χ2v) is 21.4. The molecule has 1 saturated heterocycles. The Morgan fingerprint density at radius 1 is 0.574 bits per heavy atom. The predicted octanol–water partition coefficient (Wildman–Crippen LogP) is 16.3. The minimum atomic E-state index is 0.268. The van der Waals surface area contributed by atoms with Crippen molar-refractivity contribution >= 4 is 33.7 Å². The first-order valence-corrected chi connectivity index (χ1v) is 26.5. The van der Waals surface area contributed by atoms with Gasteiger partial charge in [0.15, 0.2) is 0 Å². The van der Waals surface area contributed by atoms with Crippen LogP contribution in [-0.2, 0) is 6.42 Å². The van der Waals surface area contributed by atoms with Gasteiger partial charge < -0.3 is 9.47 Å². The third-order valence-corrected chi connectivity index (χ3v) is 17.5. The van der Waals surface area contributed by atoms with Crippen LogP contribution in [0.15, 0.2) is 199 Å². The Morgan fingerprint density at radius 3 is 2.15 bits per heavy atom. The monoisotopic (exact) mass is 887 g/mol. The first-order chi connectivity index (χ1) is 33.7. The summed E-state index contributed by atoms with van der Waals surface area (Å²) in [6, 6.07) is 17.7. The summed E-state index contributed by atoms with van der Waals surface area (Å²) in [6.07, 6.45) is 73.9. The van der Waals surface area contributed by atoms with Crippen molar-refractivity contribution in [3.05, 3.63) is 227 Å².